The van der Waals surface area contributed by atoms with Gasteiger partial charge in [0.2, 0.25) is 0 Å². The van der Waals surface area contributed by atoms with Crippen molar-refractivity contribution < 1.29 is 9.90 Å². The van der Waals surface area contributed by atoms with E-state index in [1.54, 1.807) is 24.3 Å². The third-order valence-electron chi connectivity index (χ3n) is 4.17. The molecule has 1 saturated carbocycles. The van der Waals surface area contributed by atoms with E-state index in [2.05, 4.69) is 10.6 Å². The zero-order valence-corrected chi connectivity index (χ0v) is 13.4. The van der Waals surface area contributed by atoms with E-state index < -0.39 is 5.60 Å². The van der Waals surface area contributed by atoms with Gasteiger partial charge in [-0.1, -0.05) is 54.1 Å². The first kappa shape index (κ1) is 15.8. The largest absolute Gasteiger partial charge is 0.383 e. The number of hydrogen-bond acceptors (Lipinski definition) is 2. The van der Waals surface area contributed by atoms with Crippen molar-refractivity contribution in [2.75, 3.05) is 11.9 Å². The number of carbonyl (C=O) groups is 1. The molecule has 0 spiro atoms. The fourth-order valence-electron chi connectivity index (χ4n) is 2.71. The van der Waals surface area contributed by atoms with Crippen LogP contribution in [0.2, 0.25) is 5.02 Å². The van der Waals surface area contributed by atoms with Gasteiger partial charge in [-0.2, -0.15) is 0 Å². The first-order valence-electron chi connectivity index (χ1n) is 7.67. The van der Waals surface area contributed by atoms with Crippen LogP contribution < -0.4 is 10.6 Å². The molecule has 0 aromatic heterocycles. The summed E-state index contributed by atoms with van der Waals surface area (Å²) < 4.78 is 0. The van der Waals surface area contributed by atoms with E-state index in [0.29, 0.717) is 10.7 Å². The number of hydrogen-bond donors (Lipinski definition) is 3. The van der Waals surface area contributed by atoms with Gasteiger partial charge in [-0.15, -0.1) is 0 Å². The van der Waals surface area contributed by atoms with E-state index in [1.807, 2.05) is 30.3 Å². The van der Waals surface area contributed by atoms with Crippen molar-refractivity contribution in [3.63, 3.8) is 0 Å². The Bertz CT molecular complexity index is 688. The molecule has 120 valence electrons. The van der Waals surface area contributed by atoms with Crippen molar-refractivity contribution in [2.24, 2.45) is 5.92 Å². The zero-order chi connectivity index (χ0) is 16.3. The lowest BCUT2D eigenvalue weighted by Crippen LogP contribution is -2.43. The third kappa shape index (κ3) is 3.66. The van der Waals surface area contributed by atoms with E-state index >= 15 is 0 Å². The van der Waals surface area contributed by atoms with Crippen molar-refractivity contribution in [1.29, 1.82) is 0 Å². The van der Waals surface area contributed by atoms with Crippen LogP contribution in [0, 0.1) is 5.92 Å². The van der Waals surface area contributed by atoms with Crippen LogP contribution in [0.3, 0.4) is 0 Å². The molecule has 0 radical (unpaired) electrons. The van der Waals surface area contributed by atoms with Gasteiger partial charge in [-0.25, -0.2) is 4.79 Å². The summed E-state index contributed by atoms with van der Waals surface area (Å²) in [5, 5.41) is 17.0. The van der Waals surface area contributed by atoms with Crippen LogP contribution in [0.5, 0.6) is 0 Å². The number of para-hydroxylation sites is 1. The highest BCUT2D eigenvalue weighted by atomic mass is 35.5. The van der Waals surface area contributed by atoms with Gasteiger partial charge in [0.05, 0.1) is 17.3 Å². The molecule has 0 bridgehead atoms. The molecule has 1 fully saturated rings. The fraction of sp³-hybridized carbons (Fsp3) is 0.278. The van der Waals surface area contributed by atoms with E-state index in [4.69, 9.17) is 11.6 Å². The summed E-state index contributed by atoms with van der Waals surface area (Å²) in [6.45, 7) is 0.165. The lowest BCUT2D eigenvalue weighted by atomic mass is 9.89. The maximum absolute atomic E-state index is 12.1. The monoisotopic (exact) mass is 330 g/mol. The average molecular weight is 331 g/mol. The maximum atomic E-state index is 12.1. The molecule has 0 heterocycles. The van der Waals surface area contributed by atoms with Crippen LogP contribution in [0.4, 0.5) is 10.5 Å². The zero-order valence-electron chi connectivity index (χ0n) is 12.6. The molecule has 3 rings (SSSR count). The molecule has 2 aromatic rings. The van der Waals surface area contributed by atoms with E-state index in [-0.39, 0.29) is 18.5 Å². The molecule has 4 nitrogen and oxygen atoms in total. The summed E-state index contributed by atoms with van der Waals surface area (Å²) in [5.41, 5.74) is 0.348. The highest BCUT2D eigenvalue weighted by molar-refractivity contribution is 6.33. The van der Waals surface area contributed by atoms with Crippen LogP contribution in [-0.2, 0) is 5.60 Å². The molecular formula is C18H19ClN2O2. The van der Waals surface area contributed by atoms with Crippen molar-refractivity contribution in [2.45, 2.75) is 18.4 Å². The summed E-state index contributed by atoms with van der Waals surface area (Å²) in [5.74, 6) is 0.186. The molecule has 2 aromatic carbocycles. The minimum Gasteiger partial charge on any atom is -0.383 e. The molecule has 1 aliphatic carbocycles. The number of nitrogens with one attached hydrogen (secondary N) is 2. The molecule has 0 unspecified atom stereocenters. The number of benzene rings is 2. The minimum atomic E-state index is -1.03. The van der Waals surface area contributed by atoms with Crippen molar-refractivity contribution in [1.82, 2.24) is 5.32 Å². The number of amides is 2. The Hall–Kier alpha value is -2.04. The molecule has 0 aliphatic heterocycles. The second-order valence-electron chi connectivity index (χ2n) is 5.85. The third-order valence-corrected chi connectivity index (χ3v) is 4.50. The molecular weight excluding hydrogens is 312 g/mol. The van der Waals surface area contributed by atoms with Crippen molar-refractivity contribution >= 4 is 23.3 Å². The molecule has 23 heavy (non-hydrogen) atoms. The van der Waals surface area contributed by atoms with Crippen LogP contribution >= 0.6 is 11.6 Å². The summed E-state index contributed by atoms with van der Waals surface area (Å²) in [7, 11) is 0. The second-order valence-corrected chi connectivity index (χ2v) is 6.26. The highest BCUT2D eigenvalue weighted by Crippen LogP contribution is 2.45. The van der Waals surface area contributed by atoms with Crippen molar-refractivity contribution in [3.05, 3.63) is 65.2 Å². The van der Waals surface area contributed by atoms with E-state index in [0.717, 1.165) is 18.4 Å². The van der Waals surface area contributed by atoms with Crippen LogP contribution in [0.1, 0.15) is 18.4 Å². The van der Waals surface area contributed by atoms with Gasteiger partial charge in [0.15, 0.2) is 0 Å². The molecule has 0 saturated heterocycles. The van der Waals surface area contributed by atoms with E-state index in [9.17, 15) is 9.90 Å². The SMILES string of the molecule is O=C(NC[C@@](O)(c1ccccc1)C1CC1)Nc1ccccc1Cl. The van der Waals surface area contributed by atoms with Gasteiger partial charge >= 0.3 is 6.03 Å². The first-order chi connectivity index (χ1) is 11.1. The molecule has 2 amide bonds. The predicted octanol–water partition coefficient (Wildman–Crippen LogP) is 3.76. The van der Waals surface area contributed by atoms with Crippen LogP contribution in [-0.4, -0.2) is 17.7 Å². The standard InChI is InChI=1S/C18H19ClN2O2/c19-15-8-4-5-9-16(15)21-17(22)20-12-18(23,14-10-11-14)13-6-2-1-3-7-13/h1-9,14,23H,10-12H2,(H2,20,21,22)/t18-/m1/s1. The second kappa shape index (κ2) is 6.60. The predicted molar refractivity (Wildman–Crippen MR) is 91.5 cm³/mol. The molecule has 5 heteroatoms. The number of urea groups is 1. The van der Waals surface area contributed by atoms with Crippen molar-refractivity contribution in [3.8, 4) is 0 Å². The maximum Gasteiger partial charge on any atom is 0.319 e. The molecule has 1 atom stereocenters. The number of carbonyl (C=O) groups excluding carboxylic acids is 1. The first-order valence-corrected chi connectivity index (χ1v) is 8.04. The highest BCUT2D eigenvalue weighted by Gasteiger charge is 2.45. The number of aliphatic hydroxyl groups is 1. The lowest BCUT2D eigenvalue weighted by Gasteiger charge is -2.29. The molecule has 3 N–H and O–H groups in total. The quantitative estimate of drug-likeness (QED) is 0.781. The summed E-state index contributed by atoms with van der Waals surface area (Å²) in [6.07, 6.45) is 1.94. The minimum absolute atomic E-state index is 0.165. The Kier molecular flexibility index (Phi) is 4.55. The Morgan fingerprint density at radius 2 is 1.78 bits per heavy atom. The smallest absolute Gasteiger partial charge is 0.319 e. The Morgan fingerprint density at radius 1 is 1.13 bits per heavy atom. The summed E-state index contributed by atoms with van der Waals surface area (Å²) >= 11 is 6.02. The van der Waals surface area contributed by atoms with E-state index in [1.165, 1.54) is 0 Å². The van der Waals surface area contributed by atoms with Crippen LogP contribution in [0.25, 0.3) is 0 Å². The normalized spacial score (nSPS) is 16.4. The Morgan fingerprint density at radius 3 is 2.43 bits per heavy atom. The number of anilines is 1. The summed E-state index contributed by atoms with van der Waals surface area (Å²) in [4.78, 5) is 12.1. The van der Waals surface area contributed by atoms with Crippen LogP contribution in [0.15, 0.2) is 54.6 Å². The van der Waals surface area contributed by atoms with Gasteiger partial charge in [0, 0.05) is 0 Å². The Labute approximate surface area is 140 Å². The van der Waals surface area contributed by atoms with Gasteiger partial charge in [-0.3, -0.25) is 0 Å². The van der Waals surface area contributed by atoms with Gasteiger partial charge in [-0.05, 0) is 36.5 Å². The van der Waals surface area contributed by atoms with Gasteiger partial charge < -0.3 is 15.7 Å². The van der Waals surface area contributed by atoms with Gasteiger partial charge in [0.1, 0.15) is 5.60 Å². The summed E-state index contributed by atoms with van der Waals surface area (Å²) in [6, 6.07) is 16.1. The Balaban J connectivity index is 1.66. The number of rotatable bonds is 5. The lowest BCUT2D eigenvalue weighted by molar-refractivity contribution is 0.0164. The number of halogens is 1. The average Bonchev–Trinajstić information content (AvgIpc) is 3.41. The topological polar surface area (TPSA) is 61.4 Å². The molecule has 1 aliphatic rings. The fourth-order valence-corrected chi connectivity index (χ4v) is 2.90. The van der Waals surface area contributed by atoms with Gasteiger partial charge in [0.25, 0.3) is 0 Å².